The molecule has 1 unspecified atom stereocenters. The lowest BCUT2D eigenvalue weighted by Gasteiger charge is -2.31. The van der Waals surface area contributed by atoms with Crippen molar-refractivity contribution in [2.75, 3.05) is 0 Å². The van der Waals surface area contributed by atoms with Crippen LogP contribution in [0.4, 0.5) is 0 Å². The molecular formula is C58H90O7P2Si4. The monoisotopic (exact) mass is 1070 g/mol. The molecule has 0 amide bonds. The van der Waals surface area contributed by atoms with E-state index in [4.69, 9.17) is 26.5 Å². The first kappa shape index (κ1) is 57.4. The average Bonchev–Trinajstić information content (AvgIpc) is 3.42. The van der Waals surface area contributed by atoms with Crippen LogP contribution in [0.2, 0.25) is 78.6 Å². The van der Waals surface area contributed by atoms with Crippen molar-refractivity contribution in [1.29, 1.82) is 0 Å². The molecule has 0 radical (unpaired) electrons. The van der Waals surface area contributed by atoms with Crippen molar-refractivity contribution in [3.8, 4) is 22.6 Å². The predicted octanol–water partition coefficient (Wildman–Crippen LogP) is 16.9. The minimum atomic E-state index is -2.26. The third-order valence-electron chi connectivity index (χ3n) is 14.2. The molecule has 71 heavy (non-hydrogen) atoms. The molecule has 390 valence electrons. The summed E-state index contributed by atoms with van der Waals surface area (Å²) in [5.74, 6) is 1.08. The SMILES string of the molecule is CCC1(CC)OP(Oc2c(-c3cc(C(C)(C)C)cc([Si](C)(C)C)c3Op3oc4c([Si](C)(C)C)cc(C(C)(C)C)cc4c4cc(C(C)(C)C)cc([Si](C)(C)C)c4o3)cc(C(C)(C)C)cc2[Si](C)(C)C)OC1=O. The highest BCUT2D eigenvalue weighted by atomic mass is 31.2. The third-order valence-corrected chi connectivity index (χ3v) is 24.3. The normalized spacial score (nSPS) is 16.5. The summed E-state index contributed by atoms with van der Waals surface area (Å²) in [5.41, 5.74) is 6.81. The first-order valence-corrected chi connectivity index (χ1v) is 42.2. The lowest BCUT2D eigenvalue weighted by molar-refractivity contribution is -0.143. The van der Waals surface area contributed by atoms with Gasteiger partial charge >= 0.3 is 22.8 Å². The van der Waals surface area contributed by atoms with Crippen LogP contribution in [0.5, 0.6) is 11.5 Å². The Hall–Kier alpha value is -2.89. The molecule has 6 rings (SSSR count). The van der Waals surface area contributed by atoms with Crippen LogP contribution in [-0.2, 0) is 35.5 Å². The second-order valence-electron chi connectivity index (χ2n) is 28.6. The molecule has 13 heteroatoms. The molecule has 7 nitrogen and oxygen atoms in total. The topological polar surface area (TPSA) is 80.3 Å². The van der Waals surface area contributed by atoms with Gasteiger partial charge in [0, 0.05) is 21.9 Å². The minimum absolute atomic E-state index is 0.106. The molecule has 5 aromatic rings. The molecule has 0 spiro atoms. The number of carbonyl (C=O) groups is 1. The highest BCUT2D eigenvalue weighted by Gasteiger charge is 2.51. The predicted molar refractivity (Wildman–Crippen MR) is 319 cm³/mol. The molecule has 1 aliphatic rings. The summed E-state index contributed by atoms with van der Waals surface area (Å²) in [6, 6.07) is 18.9. The Bertz CT molecular complexity index is 2800. The van der Waals surface area contributed by atoms with Gasteiger partial charge in [0.2, 0.25) is 0 Å². The van der Waals surface area contributed by atoms with E-state index < -0.39 is 54.7 Å². The van der Waals surface area contributed by atoms with Gasteiger partial charge in [-0.15, -0.1) is 0 Å². The van der Waals surface area contributed by atoms with E-state index in [-0.39, 0.29) is 27.6 Å². The zero-order chi connectivity index (χ0) is 53.8. The zero-order valence-electron chi connectivity index (χ0n) is 48.8. The summed E-state index contributed by atoms with van der Waals surface area (Å²) in [4.78, 5) is 13.6. The highest BCUT2D eigenvalue weighted by molar-refractivity contribution is 7.43. The largest absolute Gasteiger partial charge is 0.466 e. The Morgan fingerprint density at radius 3 is 1.07 bits per heavy atom. The lowest BCUT2D eigenvalue weighted by Crippen LogP contribution is -2.40. The number of rotatable bonds is 11. The van der Waals surface area contributed by atoms with Gasteiger partial charge in [-0.05, 0) is 102 Å². The summed E-state index contributed by atoms with van der Waals surface area (Å²) in [7, 11) is -12.8. The van der Waals surface area contributed by atoms with Crippen molar-refractivity contribution < 1.29 is 31.3 Å². The van der Waals surface area contributed by atoms with E-state index in [2.05, 4.69) is 210 Å². The summed E-state index contributed by atoms with van der Waals surface area (Å²) >= 11 is 0. The van der Waals surface area contributed by atoms with Gasteiger partial charge in [-0.3, -0.25) is 4.52 Å². The molecule has 1 fully saturated rings. The van der Waals surface area contributed by atoms with Crippen LogP contribution in [0.15, 0.2) is 56.9 Å². The van der Waals surface area contributed by atoms with Crippen LogP contribution in [-0.4, -0.2) is 43.9 Å². The maximum Gasteiger partial charge on any atom is 0.466 e. The van der Waals surface area contributed by atoms with Gasteiger partial charge in [0.15, 0.2) is 5.60 Å². The van der Waals surface area contributed by atoms with Crippen molar-refractivity contribution in [3.63, 3.8) is 0 Å². The molecule has 4 aromatic carbocycles. The Kier molecular flexibility index (Phi) is 15.4. The average molecular weight is 1070 g/mol. The van der Waals surface area contributed by atoms with Gasteiger partial charge in [0.25, 0.3) is 0 Å². The Balaban J connectivity index is 1.88. The number of fused-ring (bicyclic) bond motifs is 3. The molecule has 1 saturated heterocycles. The molecule has 0 aliphatic carbocycles. The van der Waals surface area contributed by atoms with Crippen molar-refractivity contribution in [2.24, 2.45) is 0 Å². The highest BCUT2D eigenvalue weighted by Crippen LogP contribution is 2.56. The quantitative estimate of drug-likeness (QED) is 0.0963. The van der Waals surface area contributed by atoms with E-state index in [9.17, 15) is 4.79 Å². The zero-order valence-corrected chi connectivity index (χ0v) is 54.6. The van der Waals surface area contributed by atoms with E-state index in [0.29, 0.717) is 18.6 Å². The molecule has 0 bridgehead atoms. The Morgan fingerprint density at radius 2 is 0.775 bits per heavy atom. The molecule has 1 aliphatic heterocycles. The van der Waals surface area contributed by atoms with Gasteiger partial charge < -0.3 is 22.0 Å². The fraction of sp³-hybridized carbons (Fsp3) is 0.569. The van der Waals surface area contributed by atoms with E-state index >= 15 is 0 Å². The second-order valence-corrected chi connectivity index (χ2v) is 50.7. The van der Waals surface area contributed by atoms with Crippen LogP contribution in [0, 0.1) is 0 Å². The van der Waals surface area contributed by atoms with Crippen LogP contribution < -0.4 is 29.8 Å². The fourth-order valence-electron chi connectivity index (χ4n) is 9.08. The second kappa shape index (κ2) is 19.0. The summed E-state index contributed by atoms with van der Waals surface area (Å²) < 4.78 is 42.7. The maximum atomic E-state index is 13.6. The smallest absolute Gasteiger partial charge is 0.417 e. The van der Waals surface area contributed by atoms with Gasteiger partial charge in [0.1, 0.15) is 22.7 Å². The summed E-state index contributed by atoms with van der Waals surface area (Å²) in [6.45, 7) is 60.2. The fourth-order valence-corrected chi connectivity index (χ4v) is 17.8. The van der Waals surface area contributed by atoms with Gasteiger partial charge in [-0.2, -0.15) is 0 Å². The number of carbonyl (C=O) groups excluding carboxylic acids is 1. The van der Waals surface area contributed by atoms with Crippen LogP contribution in [0.1, 0.15) is 132 Å². The molecule has 2 heterocycles. The van der Waals surface area contributed by atoms with E-state index in [1.807, 2.05) is 13.8 Å². The van der Waals surface area contributed by atoms with Crippen molar-refractivity contribution >= 4 is 97.8 Å². The van der Waals surface area contributed by atoms with Gasteiger partial charge in [-0.25, -0.2) is 4.79 Å². The minimum Gasteiger partial charge on any atom is -0.417 e. The number of hydrogen-bond donors (Lipinski definition) is 0. The first-order chi connectivity index (χ1) is 32.0. The molecular weight excluding hydrogens is 983 g/mol. The third kappa shape index (κ3) is 12.0. The number of hydrogen-bond acceptors (Lipinski definition) is 7. The maximum absolute atomic E-state index is 13.6. The van der Waals surface area contributed by atoms with Crippen molar-refractivity contribution in [1.82, 2.24) is 0 Å². The standard InChI is InChI=1S/C58H90O7P2Si4/c1-27-58(28-2)53(59)64-67(65-58)63-52-44(32-40(57(12,13)14)36-48(52)71(24,25)26)43-31-39(56(9,10)11)35-47(70(21,22)23)51(43)62-66-60-49-41(29-37(54(3,4)5)33-45(49)68(15,16)17)42-30-38(55(6,7)8)34-46(50(42)61-66)69(18,19)20/h29-36H,27-28H2,1-26H3. The summed E-state index contributed by atoms with van der Waals surface area (Å²) in [6.07, 6.45) is 0.992. The van der Waals surface area contributed by atoms with Crippen molar-refractivity contribution in [2.45, 2.75) is 216 Å². The van der Waals surface area contributed by atoms with Gasteiger partial charge in [0.05, 0.1) is 32.3 Å². The Labute approximate surface area is 435 Å². The van der Waals surface area contributed by atoms with Crippen LogP contribution in [0.25, 0.3) is 33.1 Å². The van der Waals surface area contributed by atoms with Crippen LogP contribution in [0.3, 0.4) is 0 Å². The van der Waals surface area contributed by atoms with E-state index in [1.165, 1.54) is 37.8 Å². The number of benzene rings is 4. The van der Waals surface area contributed by atoms with Crippen LogP contribution >= 0.6 is 16.8 Å². The van der Waals surface area contributed by atoms with Crippen molar-refractivity contribution in [3.05, 3.63) is 70.8 Å². The van der Waals surface area contributed by atoms with E-state index in [1.54, 1.807) is 0 Å². The molecule has 0 saturated carbocycles. The Morgan fingerprint density at radius 1 is 0.465 bits per heavy atom. The first-order valence-electron chi connectivity index (χ1n) is 26.0. The van der Waals surface area contributed by atoms with Gasteiger partial charge in [-0.1, -0.05) is 200 Å². The van der Waals surface area contributed by atoms with E-state index in [0.717, 1.165) is 44.0 Å². The molecule has 1 atom stereocenters. The molecule has 0 N–H and O–H groups in total. The summed E-state index contributed by atoms with van der Waals surface area (Å²) in [5, 5.41) is 6.98. The lowest BCUT2D eigenvalue weighted by atomic mass is 9.83. The molecule has 1 aromatic heterocycles.